The molecule has 1 N–H and O–H groups in total. The third-order valence-corrected chi connectivity index (χ3v) is 3.33. The number of anilines is 1. The zero-order valence-electron chi connectivity index (χ0n) is 10.7. The molecule has 0 aliphatic rings. The molecule has 1 heterocycles. The first-order chi connectivity index (χ1) is 9.04. The second kappa shape index (κ2) is 5.57. The van der Waals surface area contributed by atoms with Gasteiger partial charge in [0, 0.05) is 7.05 Å². The van der Waals surface area contributed by atoms with Crippen molar-refractivity contribution in [3.8, 4) is 0 Å². The minimum absolute atomic E-state index is 0.155. The molecular formula is C13H14ClF2N3. The Labute approximate surface area is 115 Å². The van der Waals surface area contributed by atoms with Gasteiger partial charge in [-0.05, 0) is 18.6 Å². The van der Waals surface area contributed by atoms with E-state index in [9.17, 15) is 8.78 Å². The largest absolute Gasteiger partial charge is 0.375 e. The summed E-state index contributed by atoms with van der Waals surface area (Å²) in [5, 5.41) is 7.50. The predicted octanol–water partition coefficient (Wildman–Crippen LogP) is 3.53. The van der Waals surface area contributed by atoms with E-state index in [4.69, 9.17) is 11.6 Å². The number of aromatic nitrogens is 2. The van der Waals surface area contributed by atoms with Gasteiger partial charge < -0.3 is 5.32 Å². The minimum atomic E-state index is -0.631. The first-order valence-corrected chi connectivity index (χ1v) is 6.30. The van der Waals surface area contributed by atoms with Crippen molar-refractivity contribution < 1.29 is 8.78 Å². The Hall–Kier alpha value is -1.62. The fourth-order valence-electron chi connectivity index (χ4n) is 1.85. The maximum atomic E-state index is 13.5. The topological polar surface area (TPSA) is 29.9 Å². The van der Waals surface area contributed by atoms with Crippen molar-refractivity contribution in [2.75, 3.05) is 5.32 Å². The SMILES string of the molecule is CCc1nn(C)c(CNc2c(F)cccc2F)c1Cl. The van der Waals surface area contributed by atoms with E-state index in [0.29, 0.717) is 17.1 Å². The number of nitrogens with zero attached hydrogens (tertiary/aromatic N) is 2. The van der Waals surface area contributed by atoms with E-state index in [2.05, 4.69) is 10.4 Å². The van der Waals surface area contributed by atoms with Gasteiger partial charge in [-0.3, -0.25) is 4.68 Å². The molecule has 0 saturated carbocycles. The summed E-state index contributed by atoms with van der Waals surface area (Å²) in [5.41, 5.74) is 1.31. The molecule has 6 heteroatoms. The van der Waals surface area contributed by atoms with Crippen LogP contribution in [0.25, 0.3) is 0 Å². The summed E-state index contributed by atoms with van der Waals surface area (Å²) in [4.78, 5) is 0. The molecule has 0 amide bonds. The Morgan fingerprint density at radius 3 is 2.47 bits per heavy atom. The Balaban J connectivity index is 2.22. The average Bonchev–Trinajstić information content (AvgIpc) is 2.65. The van der Waals surface area contributed by atoms with Crippen LogP contribution in [0.15, 0.2) is 18.2 Å². The standard InChI is InChI=1S/C13H14ClF2N3/c1-3-10-12(14)11(19(2)18-10)7-17-13-8(15)5-4-6-9(13)16/h4-6,17H,3,7H2,1-2H3. The van der Waals surface area contributed by atoms with Gasteiger partial charge in [-0.25, -0.2) is 8.78 Å². The fourth-order valence-corrected chi connectivity index (χ4v) is 2.21. The van der Waals surface area contributed by atoms with E-state index in [1.807, 2.05) is 6.92 Å². The highest BCUT2D eigenvalue weighted by molar-refractivity contribution is 6.31. The maximum Gasteiger partial charge on any atom is 0.149 e. The van der Waals surface area contributed by atoms with Gasteiger partial charge in [0.05, 0.1) is 23.0 Å². The molecule has 0 atom stereocenters. The zero-order chi connectivity index (χ0) is 14.0. The molecule has 0 unspecified atom stereocenters. The van der Waals surface area contributed by atoms with Gasteiger partial charge >= 0.3 is 0 Å². The summed E-state index contributed by atoms with van der Waals surface area (Å²) >= 11 is 6.16. The highest BCUT2D eigenvalue weighted by Crippen LogP contribution is 2.23. The molecule has 0 fully saturated rings. The molecule has 1 aromatic carbocycles. The van der Waals surface area contributed by atoms with Crippen LogP contribution in [0, 0.1) is 11.6 Å². The molecule has 19 heavy (non-hydrogen) atoms. The molecule has 0 aliphatic heterocycles. The Bertz CT molecular complexity index is 576. The monoisotopic (exact) mass is 285 g/mol. The van der Waals surface area contributed by atoms with Gasteiger partial charge in [-0.2, -0.15) is 5.10 Å². The number of nitrogens with one attached hydrogen (secondary N) is 1. The summed E-state index contributed by atoms with van der Waals surface area (Å²) in [5.74, 6) is -1.26. The molecule has 102 valence electrons. The summed E-state index contributed by atoms with van der Waals surface area (Å²) in [6, 6.07) is 3.73. The molecule has 2 aromatic rings. The van der Waals surface area contributed by atoms with E-state index < -0.39 is 11.6 Å². The van der Waals surface area contributed by atoms with Crippen molar-refractivity contribution in [1.29, 1.82) is 0 Å². The van der Waals surface area contributed by atoms with Crippen LogP contribution in [-0.4, -0.2) is 9.78 Å². The Morgan fingerprint density at radius 2 is 1.95 bits per heavy atom. The first kappa shape index (κ1) is 13.8. The third-order valence-electron chi connectivity index (χ3n) is 2.90. The smallest absolute Gasteiger partial charge is 0.149 e. The van der Waals surface area contributed by atoms with E-state index in [-0.39, 0.29) is 12.2 Å². The summed E-state index contributed by atoms with van der Waals surface area (Å²) in [6.07, 6.45) is 0.709. The Morgan fingerprint density at radius 1 is 1.32 bits per heavy atom. The molecule has 0 aliphatic carbocycles. The van der Waals surface area contributed by atoms with Crippen LogP contribution in [0.1, 0.15) is 18.3 Å². The number of benzene rings is 1. The molecule has 0 radical (unpaired) electrons. The van der Waals surface area contributed by atoms with E-state index in [0.717, 1.165) is 5.69 Å². The lowest BCUT2D eigenvalue weighted by atomic mass is 10.2. The van der Waals surface area contributed by atoms with E-state index in [1.54, 1.807) is 11.7 Å². The van der Waals surface area contributed by atoms with Crippen LogP contribution in [-0.2, 0) is 20.0 Å². The molecule has 2 rings (SSSR count). The predicted molar refractivity (Wildman–Crippen MR) is 71.3 cm³/mol. The number of para-hydroxylation sites is 1. The van der Waals surface area contributed by atoms with Crippen molar-refractivity contribution in [3.05, 3.63) is 46.2 Å². The molecule has 0 bridgehead atoms. The van der Waals surface area contributed by atoms with Gasteiger partial charge in [0.25, 0.3) is 0 Å². The number of aryl methyl sites for hydroxylation is 2. The minimum Gasteiger partial charge on any atom is -0.375 e. The molecule has 3 nitrogen and oxygen atoms in total. The highest BCUT2D eigenvalue weighted by Gasteiger charge is 2.14. The Kier molecular flexibility index (Phi) is 4.04. The fraction of sp³-hybridized carbons (Fsp3) is 0.308. The van der Waals surface area contributed by atoms with Gasteiger partial charge in [-0.1, -0.05) is 24.6 Å². The van der Waals surface area contributed by atoms with Crippen LogP contribution >= 0.6 is 11.6 Å². The molecular weight excluding hydrogens is 272 g/mol. The van der Waals surface area contributed by atoms with Crippen LogP contribution in [0.4, 0.5) is 14.5 Å². The van der Waals surface area contributed by atoms with Crippen LogP contribution in [0.2, 0.25) is 5.02 Å². The maximum absolute atomic E-state index is 13.5. The van der Waals surface area contributed by atoms with Crippen molar-refractivity contribution in [3.63, 3.8) is 0 Å². The third kappa shape index (κ3) is 2.71. The summed E-state index contributed by atoms with van der Waals surface area (Å²) < 4.78 is 28.6. The number of hydrogen-bond donors (Lipinski definition) is 1. The van der Waals surface area contributed by atoms with Gasteiger partial charge in [0.2, 0.25) is 0 Å². The van der Waals surface area contributed by atoms with Crippen LogP contribution in [0.3, 0.4) is 0 Å². The van der Waals surface area contributed by atoms with E-state index in [1.165, 1.54) is 18.2 Å². The van der Waals surface area contributed by atoms with Crippen molar-refractivity contribution >= 4 is 17.3 Å². The lowest BCUT2D eigenvalue weighted by Crippen LogP contribution is -2.08. The highest BCUT2D eigenvalue weighted by atomic mass is 35.5. The number of rotatable bonds is 4. The first-order valence-electron chi connectivity index (χ1n) is 5.92. The zero-order valence-corrected chi connectivity index (χ0v) is 11.4. The number of hydrogen-bond acceptors (Lipinski definition) is 2. The van der Waals surface area contributed by atoms with Gasteiger partial charge in [0.1, 0.15) is 17.3 Å². The molecule has 1 aromatic heterocycles. The summed E-state index contributed by atoms with van der Waals surface area (Å²) in [6.45, 7) is 2.15. The number of halogens is 3. The van der Waals surface area contributed by atoms with Gasteiger partial charge in [0.15, 0.2) is 0 Å². The van der Waals surface area contributed by atoms with Crippen molar-refractivity contribution in [2.45, 2.75) is 19.9 Å². The molecule has 0 saturated heterocycles. The van der Waals surface area contributed by atoms with Crippen molar-refractivity contribution in [2.24, 2.45) is 7.05 Å². The quantitative estimate of drug-likeness (QED) is 0.931. The lowest BCUT2D eigenvalue weighted by molar-refractivity contribution is 0.587. The normalized spacial score (nSPS) is 10.8. The second-order valence-electron chi connectivity index (χ2n) is 4.13. The van der Waals surface area contributed by atoms with Crippen LogP contribution in [0.5, 0.6) is 0 Å². The van der Waals surface area contributed by atoms with E-state index >= 15 is 0 Å². The van der Waals surface area contributed by atoms with Crippen molar-refractivity contribution in [1.82, 2.24) is 9.78 Å². The lowest BCUT2D eigenvalue weighted by Gasteiger charge is -2.09. The van der Waals surface area contributed by atoms with Gasteiger partial charge in [-0.15, -0.1) is 0 Å². The molecule has 0 spiro atoms. The van der Waals surface area contributed by atoms with Crippen LogP contribution < -0.4 is 5.32 Å². The average molecular weight is 286 g/mol. The second-order valence-corrected chi connectivity index (χ2v) is 4.51. The summed E-state index contributed by atoms with van der Waals surface area (Å²) in [7, 11) is 1.75.